The lowest BCUT2D eigenvalue weighted by molar-refractivity contribution is 0.202. The third-order valence-corrected chi connectivity index (χ3v) is 6.82. The van der Waals surface area contributed by atoms with Crippen molar-refractivity contribution in [2.75, 3.05) is 24.6 Å². The van der Waals surface area contributed by atoms with E-state index in [4.69, 9.17) is 9.47 Å². The summed E-state index contributed by atoms with van der Waals surface area (Å²) in [4.78, 5) is 6.35. The van der Waals surface area contributed by atoms with E-state index < -0.39 is 11.6 Å². The molecule has 0 radical (unpaired) electrons. The number of halogens is 2. The van der Waals surface area contributed by atoms with Crippen LogP contribution in [0.5, 0.6) is 11.8 Å². The molecule has 1 aromatic heterocycles. The highest BCUT2D eigenvalue weighted by atomic mass is 19.1. The van der Waals surface area contributed by atoms with E-state index in [0.29, 0.717) is 31.1 Å². The number of piperidine rings is 1. The van der Waals surface area contributed by atoms with E-state index >= 15 is 8.78 Å². The Hall–Kier alpha value is -3.97. The van der Waals surface area contributed by atoms with Crippen LogP contribution >= 0.6 is 0 Å². The van der Waals surface area contributed by atoms with E-state index in [1.54, 1.807) is 12.1 Å². The van der Waals surface area contributed by atoms with Crippen molar-refractivity contribution in [3.63, 3.8) is 0 Å². The number of pyridine rings is 1. The number of hydrogen-bond acceptors (Lipinski definition) is 5. The maximum atomic E-state index is 15.5. The molecular formula is C31H30F2N2O3. The summed E-state index contributed by atoms with van der Waals surface area (Å²) in [5.41, 5.74) is 2.54. The van der Waals surface area contributed by atoms with E-state index in [0.717, 1.165) is 24.0 Å². The van der Waals surface area contributed by atoms with Crippen LogP contribution in [0.2, 0.25) is 0 Å². The molecule has 4 aromatic rings. The molecule has 0 spiro atoms. The van der Waals surface area contributed by atoms with Gasteiger partial charge in [-0.3, -0.25) is 0 Å². The summed E-state index contributed by atoms with van der Waals surface area (Å²) in [7, 11) is 0. The Balaban J connectivity index is 1.42. The average Bonchev–Trinajstić information content (AvgIpc) is 2.97. The molecule has 5 rings (SSSR count). The van der Waals surface area contributed by atoms with Gasteiger partial charge in [0.1, 0.15) is 24.8 Å². The molecule has 1 saturated heterocycles. The first-order valence-corrected chi connectivity index (χ1v) is 12.8. The van der Waals surface area contributed by atoms with E-state index in [1.807, 2.05) is 65.6 Å². The van der Waals surface area contributed by atoms with Gasteiger partial charge in [-0.05, 0) is 42.0 Å². The number of rotatable bonds is 9. The highest BCUT2D eigenvalue weighted by Gasteiger charge is 2.24. The van der Waals surface area contributed by atoms with Gasteiger partial charge in [-0.25, -0.2) is 8.78 Å². The van der Waals surface area contributed by atoms with Gasteiger partial charge in [-0.15, -0.1) is 0 Å². The van der Waals surface area contributed by atoms with E-state index in [1.165, 1.54) is 12.1 Å². The molecule has 7 heteroatoms. The zero-order valence-corrected chi connectivity index (χ0v) is 21.0. The second-order valence-corrected chi connectivity index (χ2v) is 9.45. The topological polar surface area (TPSA) is 54.8 Å². The molecule has 0 unspecified atom stereocenters. The van der Waals surface area contributed by atoms with Gasteiger partial charge in [0.25, 0.3) is 0 Å². The fourth-order valence-electron chi connectivity index (χ4n) is 4.62. The standard InChI is InChI=1S/C31H30F2N2O3/c32-27-18-29(35-15-13-22(19-36)14-16-35)28(33)17-26(27)25-11-12-30(37-20-23-7-3-1-4-8-23)34-31(25)38-21-24-9-5-2-6-10-24/h1-12,17-18,22,36H,13-16,19-21H2. The number of aliphatic hydroxyl groups is 1. The summed E-state index contributed by atoms with van der Waals surface area (Å²) in [6, 6.07) is 25.0. The maximum Gasteiger partial charge on any atom is 0.225 e. The van der Waals surface area contributed by atoms with E-state index in [2.05, 4.69) is 4.98 Å². The molecule has 196 valence electrons. The molecule has 2 heterocycles. The molecule has 5 nitrogen and oxygen atoms in total. The lowest BCUT2D eigenvalue weighted by atomic mass is 9.97. The largest absolute Gasteiger partial charge is 0.473 e. The van der Waals surface area contributed by atoms with E-state index in [-0.39, 0.29) is 36.3 Å². The second-order valence-electron chi connectivity index (χ2n) is 9.45. The number of aromatic nitrogens is 1. The molecule has 0 saturated carbocycles. The Labute approximate surface area is 221 Å². The summed E-state index contributed by atoms with van der Waals surface area (Å²) < 4.78 is 42.7. The molecule has 1 aliphatic rings. The lowest BCUT2D eigenvalue weighted by Crippen LogP contribution is -2.35. The third kappa shape index (κ3) is 6.11. The van der Waals surface area contributed by atoms with Gasteiger partial charge >= 0.3 is 0 Å². The molecule has 3 aromatic carbocycles. The summed E-state index contributed by atoms with van der Waals surface area (Å²) in [5.74, 6) is -0.382. The highest BCUT2D eigenvalue weighted by Crippen LogP contribution is 2.37. The molecule has 1 aliphatic heterocycles. The van der Waals surface area contributed by atoms with Gasteiger partial charge in [-0.2, -0.15) is 4.98 Å². The molecule has 1 N–H and O–H groups in total. The Morgan fingerprint density at radius 2 is 1.39 bits per heavy atom. The molecule has 38 heavy (non-hydrogen) atoms. The Morgan fingerprint density at radius 1 is 0.763 bits per heavy atom. The lowest BCUT2D eigenvalue weighted by Gasteiger charge is -2.33. The smallest absolute Gasteiger partial charge is 0.225 e. The summed E-state index contributed by atoms with van der Waals surface area (Å²) in [6.07, 6.45) is 1.48. The summed E-state index contributed by atoms with van der Waals surface area (Å²) in [5, 5.41) is 9.38. The molecule has 0 amide bonds. The minimum absolute atomic E-state index is 0.0710. The van der Waals surface area contributed by atoms with Crippen molar-refractivity contribution in [1.82, 2.24) is 4.98 Å². The SMILES string of the molecule is OCC1CCN(c2cc(F)c(-c3ccc(OCc4ccccc4)nc3OCc3ccccc3)cc2F)CC1. The summed E-state index contributed by atoms with van der Waals surface area (Å²) in [6.45, 7) is 1.79. The van der Waals surface area contributed by atoms with Crippen LogP contribution in [0.3, 0.4) is 0 Å². The average molecular weight is 517 g/mol. The number of anilines is 1. The van der Waals surface area contributed by atoms with Crippen molar-refractivity contribution in [1.29, 1.82) is 0 Å². The predicted octanol–water partition coefficient (Wildman–Crippen LogP) is 6.39. The van der Waals surface area contributed by atoms with Gasteiger partial charge in [0.2, 0.25) is 11.8 Å². The van der Waals surface area contributed by atoms with Crippen LogP contribution in [-0.4, -0.2) is 29.8 Å². The first-order valence-electron chi connectivity index (χ1n) is 12.8. The summed E-state index contributed by atoms with van der Waals surface area (Å²) >= 11 is 0. The first kappa shape index (κ1) is 25.7. The van der Waals surface area contributed by atoms with Crippen LogP contribution < -0.4 is 14.4 Å². The Bertz CT molecular complexity index is 1340. The molecule has 0 atom stereocenters. The first-order chi connectivity index (χ1) is 18.6. The monoisotopic (exact) mass is 516 g/mol. The van der Waals surface area contributed by atoms with Crippen LogP contribution in [-0.2, 0) is 13.2 Å². The third-order valence-electron chi connectivity index (χ3n) is 6.82. The van der Waals surface area contributed by atoms with Crippen LogP contribution in [0.15, 0.2) is 84.9 Å². The minimum Gasteiger partial charge on any atom is -0.473 e. The highest BCUT2D eigenvalue weighted by molar-refractivity contribution is 5.72. The second kappa shape index (κ2) is 12.0. The quantitative estimate of drug-likeness (QED) is 0.279. The molecule has 0 aliphatic carbocycles. The number of benzene rings is 3. The zero-order valence-electron chi connectivity index (χ0n) is 21.0. The van der Waals surface area contributed by atoms with Crippen molar-refractivity contribution in [2.45, 2.75) is 26.1 Å². The number of ether oxygens (including phenoxy) is 2. The van der Waals surface area contributed by atoms with Crippen molar-refractivity contribution in [3.05, 3.63) is 108 Å². The van der Waals surface area contributed by atoms with Crippen molar-refractivity contribution >= 4 is 5.69 Å². The Morgan fingerprint density at radius 3 is 2.03 bits per heavy atom. The van der Waals surface area contributed by atoms with Crippen LogP contribution in [0, 0.1) is 17.6 Å². The Kier molecular flexibility index (Phi) is 8.14. The van der Waals surface area contributed by atoms with Gasteiger partial charge in [-0.1, -0.05) is 60.7 Å². The predicted molar refractivity (Wildman–Crippen MR) is 143 cm³/mol. The van der Waals surface area contributed by atoms with Crippen LogP contribution in [0.1, 0.15) is 24.0 Å². The van der Waals surface area contributed by atoms with Crippen molar-refractivity contribution < 1.29 is 23.4 Å². The normalized spacial score (nSPS) is 13.9. The fourth-order valence-corrected chi connectivity index (χ4v) is 4.62. The molecule has 0 bridgehead atoms. The van der Waals surface area contributed by atoms with Gasteiger partial charge in [0.05, 0.1) is 5.69 Å². The number of nitrogens with zero attached hydrogens (tertiary/aromatic N) is 2. The maximum absolute atomic E-state index is 15.5. The number of hydrogen-bond donors (Lipinski definition) is 1. The van der Waals surface area contributed by atoms with Gasteiger partial charge < -0.3 is 19.5 Å². The minimum atomic E-state index is -0.560. The molecular weight excluding hydrogens is 486 g/mol. The van der Waals surface area contributed by atoms with Crippen LogP contribution in [0.4, 0.5) is 14.5 Å². The van der Waals surface area contributed by atoms with E-state index in [9.17, 15) is 5.11 Å². The fraction of sp³-hybridized carbons (Fsp3) is 0.258. The van der Waals surface area contributed by atoms with Crippen molar-refractivity contribution in [3.8, 4) is 22.9 Å². The van der Waals surface area contributed by atoms with Crippen molar-refractivity contribution in [2.24, 2.45) is 5.92 Å². The van der Waals surface area contributed by atoms with Crippen LogP contribution in [0.25, 0.3) is 11.1 Å². The van der Waals surface area contributed by atoms with Gasteiger partial charge in [0.15, 0.2) is 0 Å². The molecule has 1 fully saturated rings. The number of aliphatic hydroxyl groups excluding tert-OH is 1. The van der Waals surface area contributed by atoms with Gasteiger partial charge in [0, 0.05) is 43.0 Å². The zero-order chi connectivity index (χ0) is 26.3.